The van der Waals surface area contributed by atoms with E-state index in [9.17, 15) is 9.18 Å². The van der Waals surface area contributed by atoms with Gasteiger partial charge in [-0.15, -0.1) is 11.3 Å². The number of halogens is 2. The number of rotatable bonds is 6. The zero-order valence-electron chi connectivity index (χ0n) is 12.5. The Kier molecular flexibility index (Phi) is 5.94. The normalized spacial score (nSPS) is 12.4. The molecule has 1 atom stereocenters. The standard InChI is InChI=1S/C16H18ClFN2OS/c1-3-20(10-13-5-4-8-22-13)11(2)16(21)19-15-7-6-12(18)9-14(15)17/h4-9,11H,3,10H2,1-2H3,(H,19,21)/t11-/m0/s1. The minimum Gasteiger partial charge on any atom is -0.323 e. The molecule has 1 aromatic heterocycles. The van der Waals surface area contributed by atoms with E-state index in [-0.39, 0.29) is 17.0 Å². The van der Waals surface area contributed by atoms with E-state index in [1.165, 1.54) is 23.1 Å². The third kappa shape index (κ3) is 4.29. The van der Waals surface area contributed by atoms with Gasteiger partial charge in [-0.1, -0.05) is 24.6 Å². The molecule has 0 aliphatic rings. The van der Waals surface area contributed by atoms with Gasteiger partial charge < -0.3 is 5.32 Å². The molecule has 1 N–H and O–H groups in total. The van der Waals surface area contributed by atoms with Crippen LogP contribution in [0.15, 0.2) is 35.7 Å². The Morgan fingerprint density at radius 1 is 1.45 bits per heavy atom. The Bertz CT molecular complexity index is 633. The predicted molar refractivity (Wildman–Crippen MR) is 89.9 cm³/mol. The SMILES string of the molecule is CCN(Cc1cccs1)[C@@H](C)C(=O)Nc1ccc(F)cc1Cl. The smallest absolute Gasteiger partial charge is 0.241 e. The Morgan fingerprint density at radius 2 is 2.23 bits per heavy atom. The molecule has 1 amide bonds. The first-order valence-electron chi connectivity index (χ1n) is 7.03. The summed E-state index contributed by atoms with van der Waals surface area (Å²) in [4.78, 5) is 15.7. The van der Waals surface area contributed by atoms with Crippen LogP contribution in [-0.2, 0) is 11.3 Å². The van der Waals surface area contributed by atoms with Gasteiger partial charge in [-0.25, -0.2) is 4.39 Å². The van der Waals surface area contributed by atoms with Crippen molar-refractivity contribution in [3.8, 4) is 0 Å². The van der Waals surface area contributed by atoms with E-state index in [2.05, 4.69) is 16.3 Å². The van der Waals surface area contributed by atoms with E-state index >= 15 is 0 Å². The Hall–Kier alpha value is -1.43. The molecular weight excluding hydrogens is 323 g/mol. The van der Waals surface area contributed by atoms with E-state index in [1.54, 1.807) is 11.3 Å². The average molecular weight is 341 g/mol. The molecule has 0 saturated heterocycles. The molecule has 1 heterocycles. The Balaban J connectivity index is 2.03. The van der Waals surface area contributed by atoms with Gasteiger partial charge in [0.2, 0.25) is 5.91 Å². The zero-order chi connectivity index (χ0) is 16.1. The van der Waals surface area contributed by atoms with Crippen LogP contribution in [0.1, 0.15) is 18.7 Å². The van der Waals surface area contributed by atoms with Crippen molar-refractivity contribution in [2.24, 2.45) is 0 Å². The van der Waals surface area contributed by atoms with Crippen LogP contribution in [0.25, 0.3) is 0 Å². The summed E-state index contributed by atoms with van der Waals surface area (Å²) in [5.41, 5.74) is 0.423. The molecular formula is C16H18ClFN2OS. The average Bonchev–Trinajstić information content (AvgIpc) is 3.00. The zero-order valence-corrected chi connectivity index (χ0v) is 14.0. The van der Waals surface area contributed by atoms with Crippen LogP contribution in [-0.4, -0.2) is 23.4 Å². The van der Waals surface area contributed by atoms with Crippen molar-refractivity contribution >= 4 is 34.5 Å². The molecule has 2 aromatic rings. The summed E-state index contributed by atoms with van der Waals surface area (Å²) in [5, 5.41) is 4.97. The van der Waals surface area contributed by atoms with Gasteiger partial charge in [-0.3, -0.25) is 9.69 Å². The Morgan fingerprint density at radius 3 is 2.82 bits per heavy atom. The van der Waals surface area contributed by atoms with Gasteiger partial charge in [0, 0.05) is 11.4 Å². The van der Waals surface area contributed by atoms with Crippen LogP contribution in [0.2, 0.25) is 5.02 Å². The summed E-state index contributed by atoms with van der Waals surface area (Å²) in [6, 6.07) is 7.66. The summed E-state index contributed by atoms with van der Waals surface area (Å²) in [5.74, 6) is -0.587. The number of carbonyl (C=O) groups excluding carboxylic acids is 1. The van der Waals surface area contributed by atoms with Crippen molar-refractivity contribution in [3.05, 3.63) is 51.4 Å². The van der Waals surface area contributed by atoms with Crippen LogP contribution in [0, 0.1) is 5.82 Å². The van der Waals surface area contributed by atoms with Gasteiger partial charge >= 0.3 is 0 Å². The second kappa shape index (κ2) is 7.72. The van der Waals surface area contributed by atoms with Crippen molar-refractivity contribution in [2.75, 3.05) is 11.9 Å². The molecule has 2 rings (SSSR count). The van der Waals surface area contributed by atoms with Crippen molar-refractivity contribution in [3.63, 3.8) is 0 Å². The van der Waals surface area contributed by atoms with E-state index in [0.717, 1.165) is 13.1 Å². The largest absolute Gasteiger partial charge is 0.323 e. The minimum absolute atomic E-state index is 0.160. The number of anilines is 1. The minimum atomic E-state index is -0.427. The maximum Gasteiger partial charge on any atom is 0.241 e. The van der Waals surface area contributed by atoms with Gasteiger partial charge in [0.15, 0.2) is 0 Å². The molecule has 0 aliphatic heterocycles. The summed E-state index contributed by atoms with van der Waals surface area (Å²) in [6.45, 7) is 5.34. The highest BCUT2D eigenvalue weighted by Gasteiger charge is 2.21. The number of benzene rings is 1. The molecule has 118 valence electrons. The molecule has 0 bridgehead atoms. The first-order valence-corrected chi connectivity index (χ1v) is 8.29. The van der Waals surface area contributed by atoms with Crippen LogP contribution in [0.4, 0.5) is 10.1 Å². The number of nitrogens with zero attached hydrogens (tertiary/aromatic N) is 1. The van der Waals surface area contributed by atoms with Crippen molar-refractivity contribution in [2.45, 2.75) is 26.4 Å². The molecule has 0 unspecified atom stereocenters. The second-order valence-corrected chi connectivity index (χ2v) is 6.37. The molecule has 3 nitrogen and oxygen atoms in total. The molecule has 6 heteroatoms. The van der Waals surface area contributed by atoms with E-state index in [4.69, 9.17) is 11.6 Å². The highest BCUT2D eigenvalue weighted by atomic mass is 35.5. The third-order valence-electron chi connectivity index (χ3n) is 3.46. The molecule has 0 spiro atoms. The maximum atomic E-state index is 13.0. The molecule has 22 heavy (non-hydrogen) atoms. The van der Waals surface area contributed by atoms with Crippen LogP contribution in [0.3, 0.4) is 0 Å². The first kappa shape index (κ1) is 16.9. The maximum absolute atomic E-state index is 13.0. The quantitative estimate of drug-likeness (QED) is 0.845. The Labute approximate surface area is 138 Å². The lowest BCUT2D eigenvalue weighted by Crippen LogP contribution is -2.41. The summed E-state index contributed by atoms with van der Waals surface area (Å²) < 4.78 is 13.0. The van der Waals surface area contributed by atoms with Gasteiger partial charge in [-0.2, -0.15) is 0 Å². The van der Waals surface area contributed by atoms with Crippen LogP contribution < -0.4 is 5.32 Å². The molecule has 0 radical (unpaired) electrons. The van der Waals surface area contributed by atoms with Crippen LogP contribution >= 0.6 is 22.9 Å². The summed E-state index contributed by atoms with van der Waals surface area (Å²) >= 11 is 7.61. The fraction of sp³-hybridized carbons (Fsp3) is 0.312. The fourth-order valence-corrected chi connectivity index (χ4v) is 3.06. The lowest BCUT2D eigenvalue weighted by molar-refractivity contribution is -0.120. The van der Waals surface area contributed by atoms with Crippen molar-refractivity contribution in [1.29, 1.82) is 0 Å². The number of carbonyl (C=O) groups is 1. The summed E-state index contributed by atoms with van der Waals surface area (Å²) in [7, 11) is 0. The lowest BCUT2D eigenvalue weighted by Gasteiger charge is -2.26. The highest BCUT2D eigenvalue weighted by molar-refractivity contribution is 7.09. The van der Waals surface area contributed by atoms with E-state index < -0.39 is 5.82 Å². The predicted octanol–water partition coefficient (Wildman–Crippen LogP) is 4.39. The number of likely N-dealkylation sites (N-methyl/N-ethyl adjacent to an activating group) is 1. The van der Waals surface area contributed by atoms with Crippen molar-refractivity contribution < 1.29 is 9.18 Å². The molecule has 0 aliphatic carbocycles. The second-order valence-electron chi connectivity index (χ2n) is 4.93. The number of hydrogen-bond acceptors (Lipinski definition) is 3. The van der Waals surface area contributed by atoms with Gasteiger partial charge in [0.1, 0.15) is 5.82 Å². The van der Waals surface area contributed by atoms with Crippen LogP contribution in [0.5, 0.6) is 0 Å². The monoisotopic (exact) mass is 340 g/mol. The molecule has 0 saturated carbocycles. The van der Waals surface area contributed by atoms with E-state index in [0.29, 0.717) is 5.69 Å². The first-order chi connectivity index (χ1) is 10.5. The van der Waals surface area contributed by atoms with E-state index in [1.807, 2.05) is 25.3 Å². The van der Waals surface area contributed by atoms with Gasteiger partial charge in [0.25, 0.3) is 0 Å². The topological polar surface area (TPSA) is 32.3 Å². The van der Waals surface area contributed by atoms with Gasteiger partial charge in [-0.05, 0) is 43.1 Å². The fourth-order valence-electron chi connectivity index (χ4n) is 2.12. The van der Waals surface area contributed by atoms with Gasteiger partial charge in [0.05, 0.1) is 16.8 Å². The lowest BCUT2D eigenvalue weighted by atomic mass is 10.2. The number of nitrogens with one attached hydrogen (secondary N) is 1. The number of amides is 1. The van der Waals surface area contributed by atoms with Crippen molar-refractivity contribution in [1.82, 2.24) is 4.90 Å². The third-order valence-corrected chi connectivity index (χ3v) is 4.64. The highest BCUT2D eigenvalue weighted by Crippen LogP contribution is 2.23. The number of thiophene rings is 1. The summed E-state index contributed by atoms with van der Waals surface area (Å²) in [6.07, 6.45) is 0. The molecule has 0 fully saturated rings. The number of hydrogen-bond donors (Lipinski definition) is 1. The molecule has 1 aromatic carbocycles.